The highest BCUT2D eigenvalue weighted by atomic mass is 16.5. The van der Waals surface area contributed by atoms with Crippen LogP contribution in [0, 0.1) is 0 Å². The van der Waals surface area contributed by atoms with Gasteiger partial charge in [-0.1, -0.05) is 12.1 Å². The van der Waals surface area contributed by atoms with Crippen LogP contribution in [0.1, 0.15) is 11.4 Å². The van der Waals surface area contributed by atoms with Crippen molar-refractivity contribution < 1.29 is 9.84 Å². The van der Waals surface area contributed by atoms with E-state index in [4.69, 9.17) is 4.74 Å². The quantitative estimate of drug-likeness (QED) is 0.755. The number of hydrogen-bond donors (Lipinski definition) is 2. The van der Waals surface area contributed by atoms with Gasteiger partial charge in [-0.15, -0.1) is 0 Å². The van der Waals surface area contributed by atoms with E-state index in [-0.39, 0.29) is 5.75 Å². The molecule has 0 aliphatic heterocycles. The molecule has 2 aromatic rings. The number of hydrogen-bond acceptors (Lipinski definition) is 5. The van der Waals surface area contributed by atoms with Gasteiger partial charge in [0.25, 0.3) is 0 Å². The highest BCUT2D eigenvalue weighted by Gasteiger charge is 2.06. The maximum atomic E-state index is 9.92. The first-order valence-electron chi connectivity index (χ1n) is 6.11. The molecule has 0 aliphatic carbocycles. The summed E-state index contributed by atoms with van der Waals surface area (Å²) in [6.45, 7) is 1.33. The fourth-order valence-corrected chi connectivity index (χ4v) is 1.80. The van der Waals surface area contributed by atoms with Gasteiger partial charge in [-0.2, -0.15) is 5.10 Å². The van der Waals surface area contributed by atoms with Gasteiger partial charge in [-0.3, -0.25) is 4.68 Å². The summed E-state index contributed by atoms with van der Waals surface area (Å²) in [5, 5.41) is 17.4. The van der Waals surface area contributed by atoms with Crippen molar-refractivity contribution in [2.24, 2.45) is 7.05 Å². The van der Waals surface area contributed by atoms with Gasteiger partial charge in [0.1, 0.15) is 6.33 Å². The molecule has 0 unspecified atom stereocenters. The number of benzene rings is 1. The van der Waals surface area contributed by atoms with Crippen LogP contribution < -0.4 is 10.1 Å². The Morgan fingerprint density at radius 2 is 2.26 bits per heavy atom. The van der Waals surface area contributed by atoms with Crippen molar-refractivity contribution >= 4 is 0 Å². The van der Waals surface area contributed by atoms with E-state index in [0.717, 1.165) is 24.4 Å². The molecule has 1 aromatic heterocycles. The van der Waals surface area contributed by atoms with Gasteiger partial charge in [-0.25, -0.2) is 4.98 Å². The molecule has 19 heavy (non-hydrogen) atoms. The van der Waals surface area contributed by atoms with E-state index in [0.29, 0.717) is 12.3 Å². The van der Waals surface area contributed by atoms with Crippen molar-refractivity contribution in [2.45, 2.75) is 13.0 Å². The first-order chi connectivity index (χ1) is 9.20. The molecule has 2 rings (SSSR count). The summed E-state index contributed by atoms with van der Waals surface area (Å²) in [5.74, 6) is 1.49. The molecule has 1 aromatic carbocycles. The number of aryl methyl sites for hydroxylation is 1. The third-order valence-electron chi connectivity index (χ3n) is 2.79. The fourth-order valence-electron chi connectivity index (χ4n) is 1.80. The molecule has 0 radical (unpaired) electrons. The van der Waals surface area contributed by atoms with E-state index in [2.05, 4.69) is 15.4 Å². The first-order valence-corrected chi connectivity index (χ1v) is 6.11. The van der Waals surface area contributed by atoms with Crippen LogP contribution in [-0.4, -0.2) is 33.5 Å². The summed E-state index contributed by atoms with van der Waals surface area (Å²) >= 11 is 0. The summed E-state index contributed by atoms with van der Waals surface area (Å²) in [6, 6.07) is 5.45. The Bertz CT molecular complexity index is 539. The van der Waals surface area contributed by atoms with Gasteiger partial charge in [0.15, 0.2) is 17.3 Å². The molecule has 0 bridgehead atoms. The molecule has 0 saturated carbocycles. The fraction of sp³-hybridized carbons (Fsp3) is 0.385. The van der Waals surface area contributed by atoms with E-state index in [9.17, 15) is 5.11 Å². The van der Waals surface area contributed by atoms with Crippen molar-refractivity contribution in [2.75, 3.05) is 13.7 Å². The van der Waals surface area contributed by atoms with Gasteiger partial charge >= 0.3 is 0 Å². The van der Waals surface area contributed by atoms with Crippen molar-refractivity contribution in [3.05, 3.63) is 35.9 Å². The average molecular weight is 262 g/mol. The second-order valence-electron chi connectivity index (χ2n) is 4.23. The predicted octanol–water partition coefficient (Wildman–Crippen LogP) is 0.862. The number of para-hydroxylation sites is 1. The Labute approximate surface area is 112 Å². The van der Waals surface area contributed by atoms with Crippen LogP contribution in [0.2, 0.25) is 0 Å². The standard InChI is InChI=1S/C13H18N4O2/c1-17-9-15-12(16-17)6-7-14-8-10-4-3-5-11(19-2)13(10)18/h3-5,9,14,18H,6-8H2,1-2H3. The molecule has 0 fully saturated rings. The SMILES string of the molecule is COc1cccc(CNCCc2ncn(C)n2)c1O. The molecular formula is C13H18N4O2. The van der Waals surface area contributed by atoms with E-state index in [1.807, 2.05) is 19.2 Å². The van der Waals surface area contributed by atoms with E-state index < -0.39 is 0 Å². The number of nitrogens with one attached hydrogen (secondary N) is 1. The largest absolute Gasteiger partial charge is 0.504 e. The zero-order valence-electron chi connectivity index (χ0n) is 11.1. The molecule has 0 saturated heterocycles. The molecule has 2 N–H and O–H groups in total. The van der Waals surface area contributed by atoms with Crippen LogP contribution in [-0.2, 0) is 20.0 Å². The van der Waals surface area contributed by atoms with Gasteiger partial charge in [-0.05, 0) is 6.07 Å². The number of ether oxygens (including phenoxy) is 1. The van der Waals surface area contributed by atoms with Crippen LogP contribution in [0.5, 0.6) is 11.5 Å². The Balaban J connectivity index is 1.82. The topological polar surface area (TPSA) is 72.2 Å². The number of methoxy groups -OCH3 is 1. The van der Waals surface area contributed by atoms with E-state index in [1.165, 1.54) is 0 Å². The van der Waals surface area contributed by atoms with Crippen molar-refractivity contribution in [1.82, 2.24) is 20.1 Å². The van der Waals surface area contributed by atoms with E-state index in [1.54, 1.807) is 24.2 Å². The monoisotopic (exact) mass is 262 g/mol. The minimum Gasteiger partial charge on any atom is -0.504 e. The van der Waals surface area contributed by atoms with Gasteiger partial charge < -0.3 is 15.2 Å². The number of nitrogens with zero attached hydrogens (tertiary/aromatic N) is 3. The maximum Gasteiger partial charge on any atom is 0.162 e. The highest BCUT2D eigenvalue weighted by Crippen LogP contribution is 2.28. The Kier molecular flexibility index (Phi) is 4.35. The van der Waals surface area contributed by atoms with Gasteiger partial charge in [0.05, 0.1) is 7.11 Å². The first kappa shape index (κ1) is 13.4. The van der Waals surface area contributed by atoms with Crippen LogP contribution in [0.3, 0.4) is 0 Å². The summed E-state index contributed by atoms with van der Waals surface area (Å²) in [7, 11) is 3.39. The summed E-state index contributed by atoms with van der Waals surface area (Å²) in [6.07, 6.45) is 2.44. The number of phenolic OH excluding ortho intramolecular Hbond substituents is 1. The number of aromatic hydroxyl groups is 1. The Morgan fingerprint density at radius 1 is 1.42 bits per heavy atom. The molecule has 6 heteroatoms. The number of phenols is 1. The average Bonchev–Trinajstić information content (AvgIpc) is 2.82. The zero-order chi connectivity index (χ0) is 13.7. The number of rotatable bonds is 6. The van der Waals surface area contributed by atoms with Crippen molar-refractivity contribution in [1.29, 1.82) is 0 Å². The van der Waals surface area contributed by atoms with Crippen molar-refractivity contribution in [3.8, 4) is 11.5 Å². The second-order valence-corrected chi connectivity index (χ2v) is 4.23. The second kappa shape index (κ2) is 6.19. The van der Waals surface area contributed by atoms with Crippen molar-refractivity contribution in [3.63, 3.8) is 0 Å². The normalized spacial score (nSPS) is 10.6. The lowest BCUT2D eigenvalue weighted by Crippen LogP contribution is -2.17. The molecule has 1 heterocycles. The van der Waals surface area contributed by atoms with Gasteiger partial charge in [0, 0.05) is 32.1 Å². The lowest BCUT2D eigenvalue weighted by atomic mass is 10.2. The molecule has 0 spiro atoms. The van der Waals surface area contributed by atoms with Gasteiger partial charge in [0.2, 0.25) is 0 Å². The van der Waals surface area contributed by atoms with Crippen LogP contribution in [0.15, 0.2) is 24.5 Å². The zero-order valence-corrected chi connectivity index (χ0v) is 11.1. The minimum atomic E-state index is 0.188. The number of aromatic nitrogens is 3. The molecule has 0 amide bonds. The Hall–Kier alpha value is -2.08. The van der Waals surface area contributed by atoms with Crippen LogP contribution in [0.25, 0.3) is 0 Å². The molecule has 0 aliphatic rings. The molecule has 6 nitrogen and oxygen atoms in total. The molecule has 0 atom stereocenters. The summed E-state index contributed by atoms with van der Waals surface area (Å²) in [4.78, 5) is 4.15. The maximum absolute atomic E-state index is 9.92. The smallest absolute Gasteiger partial charge is 0.162 e. The lowest BCUT2D eigenvalue weighted by molar-refractivity contribution is 0.369. The van der Waals surface area contributed by atoms with Crippen LogP contribution >= 0.6 is 0 Å². The summed E-state index contributed by atoms with van der Waals surface area (Å²) in [5.41, 5.74) is 0.813. The third-order valence-corrected chi connectivity index (χ3v) is 2.79. The van der Waals surface area contributed by atoms with E-state index >= 15 is 0 Å². The third kappa shape index (κ3) is 3.45. The predicted molar refractivity (Wildman–Crippen MR) is 71.1 cm³/mol. The summed E-state index contributed by atoms with van der Waals surface area (Å²) < 4.78 is 6.75. The molecular weight excluding hydrogens is 244 g/mol. The lowest BCUT2D eigenvalue weighted by Gasteiger charge is -2.09. The van der Waals surface area contributed by atoms with Crippen LogP contribution in [0.4, 0.5) is 0 Å². The molecule has 102 valence electrons. The Morgan fingerprint density at radius 3 is 2.95 bits per heavy atom. The minimum absolute atomic E-state index is 0.188. The highest BCUT2D eigenvalue weighted by molar-refractivity contribution is 5.45.